The molecule has 0 fully saturated rings. The third-order valence-electron chi connectivity index (χ3n) is 2.58. The maximum atomic E-state index is 8.73. The van der Waals surface area contributed by atoms with E-state index < -0.39 is 12.6 Å². The van der Waals surface area contributed by atoms with Crippen LogP contribution in [0.2, 0.25) is 0 Å². The quantitative estimate of drug-likeness (QED) is 0.173. The van der Waals surface area contributed by atoms with Crippen LogP contribution >= 0.6 is 0 Å². The average molecular weight is 342 g/mol. The van der Waals surface area contributed by atoms with Crippen molar-refractivity contribution in [2.24, 2.45) is 0 Å². The summed E-state index contributed by atoms with van der Waals surface area (Å²) in [4.78, 5) is 0. The van der Waals surface area contributed by atoms with Gasteiger partial charge in [0.05, 0.1) is 66.1 Å². The lowest BCUT2D eigenvalue weighted by Crippen LogP contribution is -2.24. The monoisotopic (exact) mass is 342 g/mol. The molecule has 0 heterocycles. The summed E-state index contributed by atoms with van der Waals surface area (Å²) in [5.41, 5.74) is 0. The molecule has 0 aliphatic carbocycles. The lowest BCUT2D eigenvalue weighted by atomic mass is 10.4. The molecule has 0 aliphatic rings. The van der Waals surface area contributed by atoms with Crippen molar-refractivity contribution in [3.63, 3.8) is 0 Å². The zero-order valence-electron chi connectivity index (χ0n) is 13.5. The largest absolute Gasteiger partial charge is 0.394 e. The number of aliphatic hydroxyl groups excluding tert-OH is 4. The number of ether oxygens (including phenoxy) is 5. The minimum atomic E-state index is -0.540. The summed E-state index contributed by atoms with van der Waals surface area (Å²) >= 11 is 0. The third kappa shape index (κ3) is 14.9. The second kappa shape index (κ2) is 18.0. The van der Waals surface area contributed by atoms with E-state index in [1.807, 2.05) is 0 Å². The van der Waals surface area contributed by atoms with Gasteiger partial charge in [-0.3, -0.25) is 0 Å². The highest BCUT2D eigenvalue weighted by Gasteiger charge is 2.11. The van der Waals surface area contributed by atoms with Gasteiger partial charge in [-0.15, -0.1) is 0 Å². The van der Waals surface area contributed by atoms with Crippen LogP contribution in [0.3, 0.4) is 0 Å². The molecule has 0 amide bonds. The molecule has 140 valence electrons. The molecular formula is C14H30O9. The Morgan fingerprint density at radius 3 is 1.04 bits per heavy atom. The van der Waals surface area contributed by atoms with Gasteiger partial charge in [-0.1, -0.05) is 0 Å². The smallest absolute Gasteiger partial charge is 0.160 e. The van der Waals surface area contributed by atoms with Gasteiger partial charge in [0, 0.05) is 12.8 Å². The molecule has 0 bridgehead atoms. The standard InChI is InChI=1S/C14H30O9/c15-3-9-20-13(21-10-4-16)1-7-19-8-2-14(22-11-5-17)23-12-6-18/h13-18H,1-12H2. The van der Waals surface area contributed by atoms with Crippen molar-refractivity contribution in [2.45, 2.75) is 25.4 Å². The number of rotatable bonds is 18. The van der Waals surface area contributed by atoms with E-state index in [2.05, 4.69) is 0 Å². The fraction of sp³-hybridized carbons (Fsp3) is 1.00. The first-order valence-electron chi connectivity index (χ1n) is 7.76. The molecule has 0 atom stereocenters. The van der Waals surface area contributed by atoms with Gasteiger partial charge < -0.3 is 44.1 Å². The Hall–Kier alpha value is -0.360. The lowest BCUT2D eigenvalue weighted by molar-refractivity contribution is -0.170. The molecule has 0 unspecified atom stereocenters. The molecule has 23 heavy (non-hydrogen) atoms. The van der Waals surface area contributed by atoms with E-state index >= 15 is 0 Å². The number of aliphatic hydroxyl groups is 4. The molecule has 0 radical (unpaired) electrons. The Morgan fingerprint density at radius 2 is 0.783 bits per heavy atom. The van der Waals surface area contributed by atoms with Crippen molar-refractivity contribution in [2.75, 3.05) is 66.1 Å². The molecule has 0 aromatic carbocycles. The van der Waals surface area contributed by atoms with Crippen LogP contribution in [0, 0.1) is 0 Å². The van der Waals surface area contributed by atoms with Crippen molar-refractivity contribution >= 4 is 0 Å². The summed E-state index contributed by atoms with van der Waals surface area (Å²) in [5.74, 6) is 0. The molecule has 0 aromatic heterocycles. The second-order valence-corrected chi connectivity index (χ2v) is 4.43. The zero-order valence-corrected chi connectivity index (χ0v) is 13.5. The van der Waals surface area contributed by atoms with E-state index in [0.717, 1.165) is 0 Å². The molecule has 0 aromatic rings. The summed E-state index contributed by atoms with van der Waals surface area (Å²) < 4.78 is 26.5. The molecule has 9 heteroatoms. The molecular weight excluding hydrogens is 312 g/mol. The van der Waals surface area contributed by atoms with Gasteiger partial charge in [-0.2, -0.15) is 0 Å². The first-order valence-corrected chi connectivity index (χ1v) is 7.76. The summed E-state index contributed by atoms with van der Waals surface area (Å²) in [5, 5.41) is 34.9. The lowest BCUT2D eigenvalue weighted by Gasteiger charge is -2.19. The average Bonchev–Trinajstić information content (AvgIpc) is 2.57. The van der Waals surface area contributed by atoms with Crippen molar-refractivity contribution in [3.05, 3.63) is 0 Å². The van der Waals surface area contributed by atoms with Gasteiger partial charge >= 0.3 is 0 Å². The summed E-state index contributed by atoms with van der Waals surface area (Å²) in [6.45, 7) is 0.937. The molecule has 0 spiro atoms. The van der Waals surface area contributed by atoms with Crippen LogP contribution in [-0.4, -0.2) is 99.1 Å². The summed E-state index contributed by atoms with van der Waals surface area (Å²) in [7, 11) is 0. The highest BCUT2D eigenvalue weighted by molar-refractivity contribution is 4.49. The van der Waals surface area contributed by atoms with E-state index in [4.69, 9.17) is 44.1 Å². The Bertz CT molecular complexity index is 192. The van der Waals surface area contributed by atoms with Crippen molar-refractivity contribution < 1.29 is 44.1 Å². The summed E-state index contributed by atoms with van der Waals surface area (Å²) in [6, 6.07) is 0. The van der Waals surface area contributed by atoms with Gasteiger partial charge in [0.1, 0.15) is 0 Å². The van der Waals surface area contributed by atoms with Crippen LogP contribution in [0.5, 0.6) is 0 Å². The third-order valence-corrected chi connectivity index (χ3v) is 2.58. The molecule has 0 rings (SSSR count). The van der Waals surface area contributed by atoms with E-state index in [9.17, 15) is 0 Å². The van der Waals surface area contributed by atoms with Crippen LogP contribution in [0.15, 0.2) is 0 Å². The van der Waals surface area contributed by atoms with Crippen LogP contribution in [0.4, 0.5) is 0 Å². The van der Waals surface area contributed by atoms with Crippen molar-refractivity contribution in [1.29, 1.82) is 0 Å². The number of hydrogen-bond donors (Lipinski definition) is 4. The normalized spacial score (nSPS) is 11.7. The van der Waals surface area contributed by atoms with Crippen LogP contribution in [-0.2, 0) is 23.7 Å². The van der Waals surface area contributed by atoms with Crippen molar-refractivity contribution in [3.8, 4) is 0 Å². The van der Waals surface area contributed by atoms with Crippen molar-refractivity contribution in [1.82, 2.24) is 0 Å². The Morgan fingerprint density at radius 1 is 0.478 bits per heavy atom. The van der Waals surface area contributed by atoms with E-state index in [-0.39, 0.29) is 52.9 Å². The topological polar surface area (TPSA) is 127 Å². The molecule has 0 saturated carbocycles. The fourth-order valence-electron chi connectivity index (χ4n) is 1.63. The second-order valence-electron chi connectivity index (χ2n) is 4.43. The van der Waals surface area contributed by atoms with E-state index in [0.29, 0.717) is 26.1 Å². The van der Waals surface area contributed by atoms with Crippen LogP contribution < -0.4 is 0 Å². The predicted molar refractivity (Wildman–Crippen MR) is 79.8 cm³/mol. The first kappa shape index (κ1) is 22.6. The highest BCUT2D eigenvalue weighted by atomic mass is 16.7. The highest BCUT2D eigenvalue weighted by Crippen LogP contribution is 2.04. The van der Waals surface area contributed by atoms with Gasteiger partial charge in [-0.25, -0.2) is 0 Å². The molecule has 0 saturated heterocycles. The Labute approximate surface area is 136 Å². The maximum absolute atomic E-state index is 8.73. The van der Waals surface area contributed by atoms with E-state index in [1.54, 1.807) is 0 Å². The van der Waals surface area contributed by atoms with Gasteiger partial charge in [-0.05, 0) is 0 Å². The maximum Gasteiger partial charge on any atom is 0.160 e. The minimum Gasteiger partial charge on any atom is -0.394 e. The van der Waals surface area contributed by atoms with Crippen LogP contribution in [0.1, 0.15) is 12.8 Å². The van der Waals surface area contributed by atoms with Gasteiger partial charge in [0.25, 0.3) is 0 Å². The molecule has 9 nitrogen and oxygen atoms in total. The summed E-state index contributed by atoms with van der Waals surface area (Å²) in [6.07, 6.45) is -0.165. The molecule has 4 N–H and O–H groups in total. The number of hydrogen-bond acceptors (Lipinski definition) is 9. The SMILES string of the molecule is OCCOC(CCOCCC(OCCO)OCCO)OCCO. The Kier molecular flexibility index (Phi) is 17.7. The van der Waals surface area contributed by atoms with Gasteiger partial charge in [0.15, 0.2) is 12.6 Å². The predicted octanol–water partition coefficient (Wildman–Crippen LogP) is -1.53. The zero-order chi connectivity index (χ0) is 17.2. The van der Waals surface area contributed by atoms with Gasteiger partial charge in [0.2, 0.25) is 0 Å². The molecule has 0 aliphatic heterocycles. The first-order chi connectivity index (χ1) is 11.3. The minimum absolute atomic E-state index is 0.105. The van der Waals surface area contributed by atoms with Crippen LogP contribution in [0.25, 0.3) is 0 Å². The fourth-order valence-corrected chi connectivity index (χ4v) is 1.63. The van der Waals surface area contributed by atoms with E-state index in [1.165, 1.54) is 0 Å². The Balaban J connectivity index is 3.81.